The van der Waals surface area contributed by atoms with Crippen molar-refractivity contribution in [2.24, 2.45) is 29.1 Å². The number of aromatic hydroxyl groups is 1. The first-order chi connectivity index (χ1) is 20.1. The van der Waals surface area contributed by atoms with Crippen LogP contribution in [0.4, 0.5) is 10.1 Å². The number of phenolic OH excluding ortho intramolecular Hbond substituents is 1. The minimum absolute atomic E-state index is 0.00860. The number of carbonyl (C=O) groups excluding carboxylic acids is 4. The first kappa shape index (κ1) is 26.8. The number of rotatable bonds is 3. The molecule has 3 aromatic carbocycles. The molecule has 214 valence electrons. The molecule has 9 heteroatoms. The normalized spacial score (nSPS) is 30.5. The summed E-state index contributed by atoms with van der Waals surface area (Å²) in [6.07, 6.45) is 2.48. The second kappa shape index (κ2) is 9.23. The predicted octanol–water partition coefficient (Wildman–Crippen LogP) is 5.59. The number of carbonyl (C=O) groups is 4. The third kappa shape index (κ3) is 3.38. The maximum atomic E-state index is 14.5. The Morgan fingerprint density at radius 3 is 2.50 bits per heavy atom. The van der Waals surface area contributed by atoms with Crippen LogP contribution in [0.2, 0.25) is 5.02 Å². The minimum atomic E-state index is -1.33. The molecule has 2 aliphatic carbocycles. The standard InChI is InChI=1S/C33H28ClFN2O5/c1-3-36-29(39)20-12-11-19-22(26(20)31(36)41)15-23-30(40)37(17-9-13-25(35)24(34)14-17)32(42)33(23,2)27(19)21-10-8-16-6-4-5-7-18(16)28(21)38/h4-11,13-14,20,22-23,26-27,38H,3,12,15H2,1-2H3. The molecule has 0 radical (unpaired) electrons. The summed E-state index contributed by atoms with van der Waals surface area (Å²) >= 11 is 6.05. The van der Waals surface area contributed by atoms with Gasteiger partial charge in [0, 0.05) is 23.4 Å². The van der Waals surface area contributed by atoms with E-state index >= 15 is 0 Å². The maximum absolute atomic E-state index is 14.5. The number of nitrogens with zero attached hydrogens (tertiary/aromatic N) is 2. The quantitative estimate of drug-likeness (QED) is 0.319. The number of phenols is 1. The van der Waals surface area contributed by atoms with Crippen LogP contribution in [0, 0.1) is 34.9 Å². The van der Waals surface area contributed by atoms with Gasteiger partial charge in [-0.15, -0.1) is 0 Å². The second-order valence-corrected chi connectivity index (χ2v) is 12.3. The fourth-order valence-electron chi connectivity index (χ4n) is 8.11. The van der Waals surface area contributed by atoms with Gasteiger partial charge in [0.05, 0.1) is 33.9 Å². The lowest BCUT2D eigenvalue weighted by Gasteiger charge is -2.49. The summed E-state index contributed by atoms with van der Waals surface area (Å²) in [5.74, 6) is -5.34. The molecule has 0 spiro atoms. The van der Waals surface area contributed by atoms with Gasteiger partial charge in [0.25, 0.3) is 0 Å². The lowest BCUT2D eigenvalue weighted by molar-refractivity contribution is -0.140. The zero-order valence-corrected chi connectivity index (χ0v) is 23.8. The smallest absolute Gasteiger partial charge is 0.241 e. The number of hydrogen-bond acceptors (Lipinski definition) is 5. The molecule has 2 heterocycles. The monoisotopic (exact) mass is 586 g/mol. The Bertz CT molecular complexity index is 1770. The number of hydrogen-bond donors (Lipinski definition) is 1. The molecule has 1 saturated carbocycles. The summed E-state index contributed by atoms with van der Waals surface area (Å²) in [5.41, 5.74) is 0.107. The van der Waals surface area contributed by atoms with E-state index in [9.17, 15) is 28.7 Å². The molecule has 0 aromatic heterocycles. The van der Waals surface area contributed by atoms with E-state index in [1.165, 1.54) is 17.0 Å². The van der Waals surface area contributed by atoms with Crippen LogP contribution < -0.4 is 4.90 Å². The van der Waals surface area contributed by atoms with E-state index < -0.39 is 52.6 Å². The molecule has 0 bridgehead atoms. The third-order valence-electron chi connectivity index (χ3n) is 10.1. The summed E-state index contributed by atoms with van der Waals surface area (Å²) < 4.78 is 14.0. The molecule has 3 aromatic rings. The number of likely N-dealkylation sites (tertiary alicyclic amines) is 1. The van der Waals surface area contributed by atoms with Crippen LogP contribution in [0.3, 0.4) is 0 Å². The van der Waals surface area contributed by atoms with E-state index in [4.69, 9.17) is 11.6 Å². The molecule has 7 nitrogen and oxygen atoms in total. The highest BCUT2D eigenvalue weighted by Gasteiger charge is 2.67. The zero-order chi connectivity index (χ0) is 29.7. The van der Waals surface area contributed by atoms with Gasteiger partial charge >= 0.3 is 0 Å². The average Bonchev–Trinajstić information content (AvgIpc) is 3.34. The number of benzene rings is 3. The largest absolute Gasteiger partial charge is 0.507 e. The van der Waals surface area contributed by atoms with Crippen LogP contribution in [0.25, 0.3) is 10.8 Å². The van der Waals surface area contributed by atoms with Gasteiger partial charge in [0.1, 0.15) is 11.6 Å². The third-order valence-corrected chi connectivity index (χ3v) is 10.4. The molecular weight excluding hydrogens is 559 g/mol. The lowest BCUT2D eigenvalue weighted by atomic mass is 9.51. The molecule has 6 atom stereocenters. The highest BCUT2D eigenvalue weighted by atomic mass is 35.5. The number of imide groups is 2. The van der Waals surface area contributed by atoms with Crippen molar-refractivity contribution in [1.29, 1.82) is 0 Å². The Morgan fingerprint density at radius 2 is 1.76 bits per heavy atom. The van der Waals surface area contributed by atoms with Gasteiger partial charge in [-0.05, 0) is 56.2 Å². The molecule has 1 N–H and O–H groups in total. The molecule has 2 aliphatic heterocycles. The van der Waals surface area contributed by atoms with Crippen molar-refractivity contribution in [3.8, 4) is 5.75 Å². The van der Waals surface area contributed by atoms with E-state index in [1.54, 1.807) is 26.0 Å². The summed E-state index contributed by atoms with van der Waals surface area (Å²) in [6, 6.07) is 14.7. The van der Waals surface area contributed by atoms with Crippen LogP contribution in [-0.4, -0.2) is 40.2 Å². The first-order valence-corrected chi connectivity index (χ1v) is 14.6. The summed E-state index contributed by atoms with van der Waals surface area (Å²) in [6.45, 7) is 3.77. The molecule has 42 heavy (non-hydrogen) atoms. The summed E-state index contributed by atoms with van der Waals surface area (Å²) in [7, 11) is 0. The highest BCUT2D eigenvalue weighted by Crippen LogP contribution is 2.64. The highest BCUT2D eigenvalue weighted by molar-refractivity contribution is 6.31. The molecule has 2 saturated heterocycles. The van der Waals surface area contributed by atoms with Crippen molar-refractivity contribution < 1.29 is 28.7 Å². The molecular formula is C33H28ClFN2O5. The molecule has 4 aliphatic rings. The van der Waals surface area contributed by atoms with E-state index in [2.05, 4.69) is 0 Å². The fraction of sp³-hybridized carbons (Fsp3) is 0.333. The lowest BCUT2D eigenvalue weighted by Crippen LogP contribution is -2.48. The number of halogens is 2. The van der Waals surface area contributed by atoms with Crippen LogP contribution in [0.5, 0.6) is 5.75 Å². The van der Waals surface area contributed by atoms with Crippen molar-refractivity contribution in [2.75, 3.05) is 11.4 Å². The van der Waals surface area contributed by atoms with E-state index in [0.29, 0.717) is 17.4 Å². The fourth-order valence-corrected chi connectivity index (χ4v) is 8.29. The Morgan fingerprint density at radius 1 is 1.00 bits per heavy atom. The van der Waals surface area contributed by atoms with Crippen molar-refractivity contribution in [3.63, 3.8) is 0 Å². The van der Waals surface area contributed by atoms with Crippen LogP contribution >= 0.6 is 11.6 Å². The predicted molar refractivity (Wildman–Crippen MR) is 154 cm³/mol. The molecule has 7 rings (SSSR count). The topological polar surface area (TPSA) is 95.0 Å². The zero-order valence-electron chi connectivity index (χ0n) is 23.0. The van der Waals surface area contributed by atoms with E-state index in [-0.39, 0.29) is 41.2 Å². The SMILES string of the molecule is CCN1C(=O)C2CC=C3C(CC4C(=O)N(c5ccc(F)c(Cl)c5)C(=O)C4(C)C3c3ccc4ccccc4c3O)C2C1=O. The summed E-state index contributed by atoms with van der Waals surface area (Å²) in [5, 5.41) is 12.9. The Hall–Kier alpha value is -4.04. The molecule has 6 unspecified atom stereocenters. The van der Waals surface area contributed by atoms with E-state index in [0.717, 1.165) is 21.9 Å². The van der Waals surface area contributed by atoms with Gasteiger partial charge < -0.3 is 5.11 Å². The van der Waals surface area contributed by atoms with Crippen LogP contribution in [0.15, 0.2) is 66.2 Å². The second-order valence-electron chi connectivity index (χ2n) is 11.9. The first-order valence-electron chi connectivity index (χ1n) is 14.2. The molecule has 3 fully saturated rings. The van der Waals surface area contributed by atoms with E-state index in [1.807, 2.05) is 30.3 Å². The number of anilines is 1. The Labute approximate surface area is 246 Å². The van der Waals surface area contributed by atoms with Gasteiger partial charge in [0.15, 0.2) is 0 Å². The van der Waals surface area contributed by atoms with Crippen molar-refractivity contribution in [1.82, 2.24) is 4.90 Å². The number of allylic oxidation sites excluding steroid dienone is 2. The number of amides is 4. The van der Waals surface area contributed by atoms with Crippen molar-refractivity contribution >= 4 is 51.7 Å². The summed E-state index contributed by atoms with van der Waals surface area (Å²) in [4.78, 5) is 57.8. The Kier molecular flexibility index (Phi) is 5.90. The van der Waals surface area contributed by atoms with Gasteiger partial charge in [-0.3, -0.25) is 24.1 Å². The molecule has 4 amide bonds. The van der Waals surface area contributed by atoms with Gasteiger partial charge in [-0.1, -0.05) is 59.6 Å². The van der Waals surface area contributed by atoms with Gasteiger partial charge in [-0.25, -0.2) is 9.29 Å². The van der Waals surface area contributed by atoms with Crippen molar-refractivity contribution in [2.45, 2.75) is 32.6 Å². The van der Waals surface area contributed by atoms with Gasteiger partial charge in [0.2, 0.25) is 23.6 Å². The Balaban J connectivity index is 1.44. The maximum Gasteiger partial charge on any atom is 0.241 e. The van der Waals surface area contributed by atoms with Gasteiger partial charge in [-0.2, -0.15) is 0 Å². The van der Waals surface area contributed by atoms with Crippen LogP contribution in [-0.2, 0) is 19.2 Å². The van der Waals surface area contributed by atoms with Crippen molar-refractivity contribution in [3.05, 3.63) is 82.6 Å². The minimum Gasteiger partial charge on any atom is -0.507 e. The van der Waals surface area contributed by atoms with Crippen LogP contribution in [0.1, 0.15) is 38.2 Å². The average molecular weight is 587 g/mol. The number of fused-ring (bicyclic) bond motifs is 5.